The zero-order valence-corrected chi connectivity index (χ0v) is 15.4. The SMILES string of the molecule is COC(=O)C(=O)C1=C(c2cccs2)NC(=S)N[C@@H]1c1ccc(Cl)cc1. The van der Waals surface area contributed by atoms with Gasteiger partial charge in [-0.25, -0.2) is 4.79 Å². The number of thiophene rings is 1. The number of rotatable bonds is 4. The molecule has 0 radical (unpaired) electrons. The summed E-state index contributed by atoms with van der Waals surface area (Å²) in [5.74, 6) is -1.66. The summed E-state index contributed by atoms with van der Waals surface area (Å²) in [5, 5.41) is 8.86. The second kappa shape index (κ2) is 7.35. The number of carbonyl (C=O) groups is 2. The Labute approximate surface area is 158 Å². The molecule has 0 aliphatic carbocycles. The van der Waals surface area contributed by atoms with Gasteiger partial charge in [0.25, 0.3) is 5.78 Å². The summed E-state index contributed by atoms with van der Waals surface area (Å²) in [4.78, 5) is 25.4. The van der Waals surface area contributed by atoms with Gasteiger partial charge < -0.3 is 15.4 Å². The Hall–Kier alpha value is -2.22. The number of hydrogen-bond acceptors (Lipinski definition) is 5. The van der Waals surface area contributed by atoms with Gasteiger partial charge in [-0.1, -0.05) is 29.8 Å². The first-order chi connectivity index (χ1) is 12.0. The number of esters is 1. The zero-order valence-electron chi connectivity index (χ0n) is 13.0. The molecule has 0 saturated heterocycles. The first-order valence-corrected chi connectivity index (χ1v) is 8.91. The number of methoxy groups -OCH3 is 1. The summed E-state index contributed by atoms with van der Waals surface area (Å²) in [6.07, 6.45) is 0. The van der Waals surface area contributed by atoms with Gasteiger partial charge in [-0.15, -0.1) is 11.3 Å². The Morgan fingerprint density at radius 2 is 1.96 bits per heavy atom. The van der Waals surface area contributed by atoms with Gasteiger partial charge >= 0.3 is 5.97 Å². The van der Waals surface area contributed by atoms with Crippen molar-refractivity contribution in [2.24, 2.45) is 0 Å². The van der Waals surface area contributed by atoms with Crippen LogP contribution in [-0.4, -0.2) is 24.0 Å². The van der Waals surface area contributed by atoms with Crippen LogP contribution in [0.2, 0.25) is 5.02 Å². The number of halogens is 1. The second-order valence-electron chi connectivity index (χ2n) is 5.17. The maximum Gasteiger partial charge on any atom is 0.379 e. The van der Waals surface area contributed by atoms with E-state index in [-0.39, 0.29) is 5.57 Å². The summed E-state index contributed by atoms with van der Waals surface area (Å²) < 4.78 is 4.63. The summed E-state index contributed by atoms with van der Waals surface area (Å²) in [7, 11) is 1.18. The fourth-order valence-electron chi connectivity index (χ4n) is 2.53. The third-order valence-corrected chi connectivity index (χ3v) is 5.02. The molecule has 5 nitrogen and oxygen atoms in total. The minimum Gasteiger partial charge on any atom is -0.463 e. The van der Waals surface area contributed by atoms with Crippen molar-refractivity contribution in [2.45, 2.75) is 6.04 Å². The van der Waals surface area contributed by atoms with E-state index in [1.807, 2.05) is 17.5 Å². The molecule has 1 aromatic carbocycles. The largest absolute Gasteiger partial charge is 0.463 e. The molecule has 3 rings (SSSR count). The molecule has 2 N–H and O–H groups in total. The number of ether oxygens (including phenoxy) is 1. The first-order valence-electron chi connectivity index (χ1n) is 7.25. The van der Waals surface area contributed by atoms with Crippen LogP contribution in [0.15, 0.2) is 47.4 Å². The van der Waals surface area contributed by atoms with Crippen LogP contribution in [0.4, 0.5) is 0 Å². The normalized spacial score (nSPS) is 16.9. The summed E-state index contributed by atoms with van der Waals surface area (Å²) in [5.41, 5.74) is 1.52. The molecule has 0 amide bonds. The van der Waals surface area contributed by atoms with Crippen molar-refractivity contribution >= 4 is 57.7 Å². The van der Waals surface area contributed by atoms with Crippen LogP contribution in [0.5, 0.6) is 0 Å². The molecule has 2 heterocycles. The summed E-state index contributed by atoms with van der Waals surface area (Å²) in [6.45, 7) is 0. The Morgan fingerprint density at radius 3 is 2.56 bits per heavy atom. The molecule has 1 aliphatic heterocycles. The maximum absolute atomic E-state index is 12.7. The van der Waals surface area contributed by atoms with E-state index in [9.17, 15) is 9.59 Å². The Morgan fingerprint density at radius 1 is 1.24 bits per heavy atom. The third kappa shape index (κ3) is 3.58. The van der Waals surface area contributed by atoms with Gasteiger partial charge in [0.15, 0.2) is 5.11 Å². The highest BCUT2D eigenvalue weighted by Crippen LogP contribution is 2.33. The monoisotopic (exact) mass is 392 g/mol. The Bertz CT molecular complexity index is 861. The maximum atomic E-state index is 12.7. The van der Waals surface area contributed by atoms with E-state index in [2.05, 4.69) is 15.4 Å². The van der Waals surface area contributed by atoms with E-state index in [0.717, 1.165) is 10.4 Å². The molecule has 8 heteroatoms. The molecule has 25 heavy (non-hydrogen) atoms. The molecule has 0 spiro atoms. The third-order valence-electron chi connectivity index (χ3n) is 3.66. The quantitative estimate of drug-likeness (QED) is 0.473. The number of ketones is 1. The molecular formula is C17H13ClN2O3S2. The van der Waals surface area contributed by atoms with Crippen molar-refractivity contribution in [3.63, 3.8) is 0 Å². The van der Waals surface area contributed by atoms with Gasteiger partial charge in [-0.3, -0.25) is 4.79 Å². The van der Waals surface area contributed by atoms with E-state index in [4.69, 9.17) is 23.8 Å². The van der Waals surface area contributed by atoms with Crippen LogP contribution in [-0.2, 0) is 14.3 Å². The number of nitrogens with one attached hydrogen (secondary N) is 2. The van der Waals surface area contributed by atoms with Crippen molar-refractivity contribution in [1.82, 2.24) is 10.6 Å². The smallest absolute Gasteiger partial charge is 0.379 e. The van der Waals surface area contributed by atoms with Crippen molar-refractivity contribution in [3.8, 4) is 0 Å². The number of hydrogen-bond donors (Lipinski definition) is 2. The van der Waals surface area contributed by atoms with Crippen LogP contribution >= 0.6 is 35.2 Å². The second-order valence-corrected chi connectivity index (χ2v) is 6.96. The Balaban J connectivity index is 2.18. The van der Waals surface area contributed by atoms with E-state index >= 15 is 0 Å². The highest BCUT2D eigenvalue weighted by molar-refractivity contribution is 7.80. The minimum atomic E-state index is -0.931. The molecule has 0 unspecified atom stereocenters. The molecule has 2 aromatic rings. The number of benzene rings is 1. The van der Waals surface area contributed by atoms with Crippen molar-refractivity contribution in [3.05, 3.63) is 62.8 Å². The predicted molar refractivity (Wildman–Crippen MR) is 101 cm³/mol. The van der Waals surface area contributed by atoms with Crippen LogP contribution in [0, 0.1) is 0 Å². The minimum absolute atomic E-state index is 0.255. The Kier molecular flexibility index (Phi) is 5.17. The number of Topliss-reactive ketones (excluding diaryl/α,β-unsaturated/α-hetero) is 1. The van der Waals surface area contributed by atoms with E-state index < -0.39 is 17.8 Å². The van der Waals surface area contributed by atoms with Gasteiger partial charge in [0, 0.05) is 5.02 Å². The van der Waals surface area contributed by atoms with Gasteiger partial charge in [0.1, 0.15) is 0 Å². The van der Waals surface area contributed by atoms with E-state index in [1.165, 1.54) is 18.4 Å². The lowest BCUT2D eigenvalue weighted by atomic mass is 9.91. The fraction of sp³-hybridized carbons (Fsp3) is 0.118. The molecule has 1 aromatic heterocycles. The zero-order chi connectivity index (χ0) is 18.0. The molecule has 128 valence electrons. The van der Waals surface area contributed by atoms with E-state index in [0.29, 0.717) is 15.8 Å². The topological polar surface area (TPSA) is 67.4 Å². The highest BCUT2D eigenvalue weighted by atomic mass is 35.5. The predicted octanol–water partition coefficient (Wildman–Crippen LogP) is 3.07. The van der Waals surface area contributed by atoms with Crippen molar-refractivity contribution < 1.29 is 14.3 Å². The number of thiocarbonyl (C=S) groups is 1. The molecular weight excluding hydrogens is 380 g/mol. The van der Waals surface area contributed by atoms with Gasteiger partial charge in [-0.2, -0.15) is 0 Å². The lowest BCUT2D eigenvalue weighted by Crippen LogP contribution is -2.45. The van der Waals surface area contributed by atoms with Gasteiger partial charge in [0.05, 0.1) is 29.3 Å². The van der Waals surface area contributed by atoms with Crippen LogP contribution in [0.1, 0.15) is 16.5 Å². The molecule has 0 bridgehead atoms. The van der Waals surface area contributed by atoms with Crippen molar-refractivity contribution in [1.29, 1.82) is 0 Å². The van der Waals surface area contributed by atoms with E-state index in [1.54, 1.807) is 24.3 Å². The van der Waals surface area contributed by atoms with Gasteiger partial charge in [0.2, 0.25) is 0 Å². The molecule has 0 saturated carbocycles. The standard InChI is InChI=1S/C17H13ClN2O3S2/c1-23-16(22)15(21)12-13(9-4-6-10(18)7-5-9)19-17(24)20-14(12)11-3-2-8-25-11/h2-8,13H,1H3,(H2,19,20,24)/t13-/m1/s1. The molecule has 1 aliphatic rings. The summed E-state index contributed by atoms with van der Waals surface area (Å²) in [6, 6.07) is 10.1. The molecule has 1 atom stereocenters. The average molecular weight is 393 g/mol. The lowest BCUT2D eigenvalue weighted by Gasteiger charge is -2.30. The lowest BCUT2D eigenvalue weighted by molar-refractivity contribution is -0.150. The average Bonchev–Trinajstić information content (AvgIpc) is 3.15. The summed E-state index contributed by atoms with van der Waals surface area (Å²) >= 11 is 12.7. The van der Waals surface area contributed by atoms with Crippen LogP contribution in [0.3, 0.4) is 0 Å². The van der Waals surface area contributed by atoms with Crippen LogP contribution in [0.25, 0.3) is 5.70 Å². The van der Waals surface area contributed by atoms with Crippen LogP contribution < -0.4 is 10.6 Å². The highest BCUT2D eigenvalue weighted by Gasteiger charge is 2.35. The van der Waals surface area contributed by atoms with Gasteiger partial charge in [-0.05, 0) is 41.4 Å². The van der Waals surface area contributed by atoms with Crippen molar-refractivity contribution in [2.75, 3.05) is 7.11 Å². The number of carbonyl (C=O) groups excluding carboxylic acids is 2. The first kappa shape index (κ1) is 17.6. The fourth-order valence-corrected chi connectivity index (χ4v) is 3.62. The molecule has 0 fully saturated rings.